The Morgan fingerprint density at radius 2 is 2.15 bits per heavy atom. The van der Waals surface area contributed by atoms with Crippen LogP contribution in [0, 0.1) is 5.92 Å². The summed E-state index contributed by atoms with van der Waals surface area (Å²) in [6.07, 6.45) is 3.80. The number of hydrogen-bond acceptors (Lipinski definition) is 5. The van der Waals surface area contributed by atoms with Crippen LogP contribution >= 0.6 is 11.3 Å². The summed E-state index contributed by atoms with van der Waals surface area (Å²) < 4.78 is 0. The molecule has 0 aromatic carbocycles. The Balaban J connectivity index is 2.07. The number of anilines is 2. The topological polar surface area (TPSA) is 41.1 Å². The molecular weight excluding hydrogens is 268 g/mol. The van der Waals surface area contributed by atoms with Gasteiger partial charge in [-0.25, -0.2) is 4.98 Å². The van der Waals surface area contributed by atoms with E-state index in [1.165, 1.54) is 23.1 Å². The first-order valence-corrected chi connectivity index (χ1v) is 8.30. The number of aryl methyl sites for hydroxylation is 1. The largest absolute Gasteiger partial charge is 0.357 e. The molecule has 108 valence electrons. The van der Waals surface area contributed by atoms with E-state index in [2.05, 4.69) is 35.1 Å². The van der Waals surface area contributed by atoms with Gasteiger partial charge in [0.05, 0.1) is 5.39 Å². The number of nitrogens with one attached hydrogen (secondary N) is 1. The molecule has 1 saturated carbocycles. The normalized spacial score (nSPS) is 14.8. The van der Waals surface area contributed by atoms with E-state index in [-0.39, 0.29) is 0 Å². The minimum absolute atomic E-state index is 0.728. The quantitative estimate of drug-likeness (QED) is 0.883. The number of hydrogen-bond donors (Lipinski definition) is 1. The van der Waals surface area contributed by atoms with Crippen molar-refractivity contribution in [3.63, 3.8) is 0 Å². The van der Waals surface area contributed by atoms with Crippen LogP contribution in [0.15, 0.2) is 6.07 Å². The average Bonchev–Trinajstić information content (AvgIpc) is 3.19. The zero-order valence-corrected chi connectivity index (χ0v) is 13.3. The summed E-state index contributed by atoms with van der Waals surface area (Å²) in [7, 11) is 1.89. The van der Waals surface area contributed by atoms with Gasteiger partial charge in [0.25, 0.3) is 0 Å². The summed E-state index contributed by atoms with van der Waals surface area (Å²) >= 11 is 1.79. The van der Waals surface area contributed by atoms with Crippen molar-refractivity contribution < 1.29 is 0 Å². The first kappa shape index (κ1) is 13.6. The van der Waals surface area contributed by atoms with E-state index in [1.54, 1.807) is 11.3 Å². The van der Waals surface area contributed by atoms with Crippen molar-refractivity contribution in [1.82, 2.24) is 9.97 Å². The zero-order chi connectivity index (χ0) is 14.1. The molecule has 1 fully saturated rings. The molecule has 0 saturated heterocycles. The molecule has 2 aromatic rings. The average molecular weight is 290 g/mol. The van der Waals surface area contributed by atoms with Crippen molar-refractivity contribution in [2.24, 2.45) is 5.92 Å². The molecule has 2 aromatic heterocycles. The van der Waals surface area contributed by atoms with Gasteiger partial charge in [-0.05, 0) is 38.2 Å². The number of fused-ring (bicyclic) bond motifs is 1. The molecule has 3 rings (SSSR count). The van der Waals surface area contributed by atoms with Gasteiger partial charge in [-0.3, -0.25) is 0 Å². The van der Waals surface area contributed by atoms with Gasteiger partial charge in [-0.1, -0.05) is 6.92 Å². The standard InChI is InChI=1S/C15H22N4S/c1-4-11-8-12-13(19(5-2)9-10-6-7-10)17-15(16-3)18-14(12)20-11/h8,10H,4-7,9H2,1-3H3,(H,16,17,18). The molecule has 5 heteroatoms. The second-order valence-electron chi connectivity index (χ2n) is 5.39. The summed E-state index contributed by atoms with van der Waals surface area (Å²) in [6.45, 7) is 6.53. The molecule has 1 aliphatic carbocycles. The van der Waals surface area contributed by atoms with Crippen molar-refractivity contribution in [3.8, 4) is 0 Å². The lowest BCUT2D eigenvalue weighted by Gasteiger charge is -2.22. The van der Waals surface area contributed by atoms with Gasteiger partial charge in [0.1, 0.15) is 10.6 Å². The summed E-state index contributed by atoms with van der Waals surface area (Å²) in [5.74, 6) is 2.69. The number of thiophene rings is 1. The molecule has 0 amide bonds. The Bertz CT molecular complexity index is 603. The third-order valence-electron chi connectivity index (χ3n) is 3.85. The molecular formula is C15H22N4S. The predicted octanol–water partition coefficient (Wildman–Crippen LogP) is 3.53. The summed E-state index contributed by atoms with van der Waals surface area (Å²) in [5, 5.41) is 4.31. The van der Waals surface area contributed by atoms with E-state index in [0.29, 0.717) is 0 Å². The van der Waals surface area contributed by atoms with Gasteiger partial charge in [0.2, 0.25) is 5.95 Å². The lowest BCUT2D eigenvalue weighted by Crippen LogP contribution is -2.26. The van der Waals surface area contributed by atoms with Gasteiger partial charge < -0.3 is 10.2 Å². The van der Waals surface area contributed by atoms with Crippen LogP contribution in [0.5, 0.6) is 0 Å². The lowest BCUT2D eigenvalue weighted by atomic mass is 10.2. The van der Waals surface area contributed by atoms with Crippen LogP contribution < -0.4 is 10.2 Å². The monoisotopic (exact) mass is 290 g/mol. The highest BCUT2D eigenvalue weighted by Crippen LogP contribution is 2.35. The maximum Gasteiger partial charge on any atom is 0.225 e. The van der Waals surface area contributed by atoms with Crippen LogP contribution in [-0.4, -0.2) is 30.1 Å². The summed E-state index contributed by atoms with van der Waals surface area (Å²) in [5.41, 5.74) is 0. The Kier molecular flexibility index (Phi) is 3.78. The highest BCUT2D eigenvalue weighted by atomic mass is 32.1. The van der Waals surface area contributed by atoms with Crippen LogP contribution in [0.2, 0.25) is 0 Å². The van der Waals surface area contributed by atoms with Crippen LogP contribution in [0.1, 0.15) is 31.6 Å². The SMILES string of the molecule is CCc1cc2c(N(CC)CC3CC3)nc(NC)nc2s1. The smallest absolute Gasteiger partial charge is 0.225 e. The summed E-state index contributed by atoms with van der Waals surface area (Å²) in [6, 6.07) is 2.27. The van der Waals surface area contributed by atoms with Crippen LogP contribution in [0.25, 0.3) is 10.2 Å². The van der Waals surface area contributed by atoms with Gasteiger partial charge in [0.15, 0.2) is 0 Å². The molecule has 0 atom stereocenters. The minimum atomic E-state index is 0.728. The van der Waals surface area contributed by atoms with E-state index >= 15 is 0 Å². The van der Waals surface area contributed by atoms with Gasteiger partial charge in [0, 0.05) is 25.0 Å². The maximum absolute atomic E-state index is 4.73. The molecule has 1 N–H and O–H groups in total. The van der Waals surface area contributed by atoms with Crippen molar-refractivity contribution in [3.05, 3.63) is 10.9 Å². The van der Waals surface area contributed by atoms with Crippen LogP contribution in [0.3, 0.4) is 0 Å². The number of aromatic nitrogens is 2. The fourth-order valence-corrected chi connectivity index (χ4v) is 3.42. The van der Waals surface area contributed by atoms with Crippen molar-refractivity contribution in [1.29, 1.82) is 0 Å². The molecule has 0 aliphatic heterocycles. The van der Waals surface area contributed by atoms with Gasteiger partial charge >= 0.3 is 0 Å². The Morgan fingerprint density at radius 3 is 2.75 bits per heavy atom. The molecule has 0 radical (unpaired) electrons. The second kappa shape index (κ2) is 5.56. The Labute approximate surface area is 124 Å². The van der Waals surface area contributed by atoms with Crippen molar-refractivity contribution in [2.45, 2.75) is 33.1 Å². The highest BCUT2D eigenvalue weighted by molar-refractivity contribution is 7.18. The third-order valence-corrected chi connectivity index (χ3v) is 5.03. The number of rotatable bonds is 6. The molecule has 0 unspecified atom stereocenters. The molecule has 0 bridgehead atoms. The lowest BCUT2D eigenvalue weighted by molar-refractivity contribution is 0.734. The highest BCUT2D eigenvalue weighted by Gasteiger charge is 2.25. The fourth-order valence-electron chi connectivity index (χ4n) is 2.46. The number of nitrogens with zero attached hydrogens (tertiary/aromatic N) is 3. The molecule has 1 aliphatic rings. The van der Waals surface area contributed by atoms with E-state index in [9.17, 15) is 0 Å². The maximum atomic E-state index is 4.73. The molecule has 20 heavy (non-hydrogen) atoms. The first-order chi connectivity index (χ1) is 9.75. The fraction of sp³-hybridized carbons (Fsp3) is 0.600. The molecule has 0 spiro atoms. The Hall–Kier alpha value is -1.36. The van der Waals surface area contributed by atoms with E-state index in [4.69, 9.17) is 4.98 Å². The van der Waals surface area contributed by atoms with E-state index < -0.39 is 0 Å². The van der Waals surface area contributed by atoms with Crippen molar-refractivity contribution >= 4 is 33.3 Å². The second-order valence-corrected chi connectivity index (χ2v) is 6.50. The predicted molar refractivity (Wildman–Crippen MR) is 87.0 cm³/mol. The van der Waals surface area contributed by atoms with Crippen LogP contribution in [0.4, 0.5) is 11.8 Å². The van der Waals surface area contributed by atoms with E-state index in [1.807, 2.05) is 7.05 Å². The van der Waals surface area contributed by atoms with Gasteiger partial charge in [-0.15, -0.1) is 11.3 Å². The zero-order valence-electron chi connectivity index (χ0n) is 12.4. The minimum Gasteiger partial charge on any atom is -0.357 e. The van der Waals surface area contributed by atoms with Gasteiger partial charge in [-0.2, -0.15) is 4.98 Å². The van der Waals surface area contributed by atoms with Crippen LogP contribution in [-0.2, 0) is 6.42 Å². The summed E-state index contributed by atoms with van der Waals surface area (Å²) in [4.78, 5) is 14.2. The van der Waals surface area contributed by atoms with E-state index in [0.717, 1.165) is 42.0 Å². The third kappa shape index (κ3) is 2.59. The molecule has 2 heterocycles. The first-order valence-electron chi connectivity index (χ1n) is 7.48. The van der Waals surface area contributed by atoms with Crippen molar-refractivity contribution in [2.75, 3.05) is 30.4 Å². The Morgan fingerprint density at radius 1 is 1.35 bits per heavy atom. The molecule has 4 nitrogen and oxygen atoms in total.